The first-order valence-electron chi connectivity index (χ1n) is 9.20. The van der Waals surface area contributed by atoms with Gasteiger partial charge in [0.2, 0.25) is 0 Å². The lowest BCUT2D eigenvalue weighted by Gasteiger charge is -2.29. The third kappa shape index (κ3) is 6.16. The quantitative estimate of drug-likeness (QED) is 0.264. The molecule has 0 aliphatic heterocycles. The van der Waals surface area contributed by atoms with E-state index in [1.165, 1.54) is 0 Å². The fourth-order valence-corrected chi connectivity index (χ4v) is 3.58. The highest BCUT2D eigenvalue weighted by atomic mass is 127. The van der Waals surface area contributed by atoms with Crippen molar-refractivity contribution in [1.82, 2.24) is 0 Å². The second-order valence-electron chi connectivity index (χ2n) is 7.86. The maximum absolute atomic E-state index is 13.1. The van der Waals surface area contributed by atoms with Crippen molar-refractivity contribution in [3.05, 3.63) is 69.3 Å². The number of hydrogen-bond acceptors (Lipinski definition) is 3. The molecule has 0 aliphatic carbocycles. The van der Waals surface area contributed by atoms with Crippen LogP contribution in [0, 0.1) is 8.99 Å². The average molecular weight is 478 g/mol. The number of aldehydes is 1. The van der Waals surface area contributed by atoms with Crippen molar-refractivity contribution in [2.24, 2.45) is 5.41 Å². The van der Waals surface area contributed by atoms with Crippen molar-refractivity contribution in [1.29, 1.82) is 0 Å². The molecule has 0 spiro atoms. The third-order valence-electron chi connectivity index (χ3n) is 4.94. The summed E-state index contributed by atoms with van der Waals surface area (Å²) in [6.07, 6.45) is 3.14. The predicted molar refractivity (Wildman–Crippen MR) is 116 cm³/mol. The number of carbonyl (C=O) groups excluding carboxylic acids is 2. The van der Waals surface area contributed by atoms with E-state index < -0.39 is 5.41 Å². The highest BCUT2D eigenvalue weighted by Gasteiger charge is 2.37. The van der Waals surface area contributed by atoms with Crippen LogP contribution in [0.5, 0.6) is 0 Å². The molecule has 0 heterocycles. The average Bonchev–Trinajstić information content (AvgIpc) is 2.66. The number of halogens is 1. The van der Waals surface area contributed by atoms with Gasteiger partial charge in [-0.1, -0.05) is 62.7 Å². The van der Waals surface area contributed by atoms with Crippen molar-refractivity contribution < 1.29 is 14.3 Å². The maximum Gasteiger partial charge on any atom is 0.316 e. The van der Waals surface area contributed by atoms with Gasteiger partial charge < -0.3 is 9.53 Å². The number of benzene rings is 2. The van der Waals surface area contributed by atoms with E-state index in [0.29, 0.717) is 6.42 Å². The van der Waals surface area contributed by atoms with E-state index in [1.807, 2.05) is 75.4 Å². The number of rotatable bonds is 9. The zero-order chi connectivity index (χ0) is 19.9. The molecule has 0 fully saturated rings. The molecule has 0 unspecified atom stereocenters. The summed E-state index contributed by atoms with van der Waals surface area (Å²) in [5.74, 6) is -0.225. The molecule has 0 aromatic heterocycles. The molecule has 3 nitrogen and oxygen atoms in total. The van der Waals surface area contributed by atoms with Crippen LogP contribution in [0.25, 0.3) is 0 Å². The second-order valence-corrected chi connectivity index (χ2v) is 9.11. The minimum atomic E-state index is -0.741. The Bertz CT molecular complexity index is 770. The Morgan fingerprint density at radius 2 is 1.74 bits per heavy atom. The molecule has 144 valence electrons. The SMILES string of the molecule is CC(C)(C=O)CCC[C@@](C)(C(=O)OCc1ccccc1)c1cccc(I)c1. The van der Waals surface area contributed by atoms with Gasteiger partial charge in [-0.15, -0.1) is 0 Å². The molecule has 0 aliphatic rings. The second kappa shape index (κ2) is 9.49. The summed E-state index contributed by atoms with van der Waals surface area (Å²) in [7, 11) is 0. The molecule has 0 radical (unpaired) electrons. The van der Waals surface area contributed by atoms with Crippen LogP contribution in [-0.2, 0) is 26.3 Å². The molecule has 0 saturated carbocycles. The van der Waals surface area contributed by atoms with E-state index >= 15 is 0 Å². The van der Waals surface area contributed by atoms with Crippen LogP contribution in [0.4, 0.5) is 0 Å². The topological polar surface area (TPSA) is 43.4 Å². The van der Waals surface area contributed by atoms with E-state index in [1.54, 1.807) is 0 Å². The fraction of sp³-hybridized carbons (Fsp3) is 0.391. The number of esters is 1. The lowest BCUT2D eigenvalue weighted by Crippen LogP contribution is -2.35. The summed E-state index contributed by atoms with van der Waals surface area (Å²) in [4.78, 5) is 24.3. The first kappa shape index (κ1) is 21.6. The summed E-state index contributed by atoms with van der Waals surface area (Å²) >= 11 is 2.26. The monoisotopic (exact) mass is 478 g/mol. The number of hydrogen-bond donors (Lipinski definition) is 0. The van der Waals surface area contributed by atoms with Crippen LogP contribution in [0.15, 0.2) is 54.6 Å². The van der Waals surface area contributed by atoms with Crippen LogP contribution in [0.3, 0.4) is 0 Å². The van der Waals surface area contributed by atoms with Gasteiger partial charge in [-0.3, -0.25) is 4.79 Å². The van der Waals surface area contributed by atoms with Gasteiger partial charge in [0.15, 0.2) is 0 Å². The zero-order valence-corrected chi connectivity index (χ0v) is 18.4. The van der Waals surface area contributed by atoms with Crippen molar-refractivity contribution in [3.63, 3.8) is 0 Å². The lowest BCUT2D eigenvalue weighted by atomic mass is 9.76. The highest BCUT2D eigenvalue weighted by molar-refractivity contribution is 14.1. The molecule has 0 amide bonds. The lowest BCUT2D eigenvalue weighted by molar-refractivity contribution is -0.151. The van der Waals surface area contributed by atoms with Crippen LogP contribution >= 0.6 is 22.6 Å². The van der Waals surface area contributed by atoms with Gasteiger partial charge in [0.05, 0.1) is 5.41 Å². The van der Waals surface area contributed by atoms with Gasteiger partial charge in [0, 0.05) is 8.99 Å². The van der Waals surface area contributed by atoms with Gasteiger partial charge in [-0.2, -0.15) is 0 Å². The van der Waals surface area contributed by atoms with E-state index in [9.17, 15) is 9.59 Å². The Kier molecular flexibility index (Phi) is 7.59. The molecule has 2 rings (SSSR count). The van der Waals surface area contributed by atoms with Gasteiger partial charge in [0.1, 0.15) is 12.9 Å². The maximum atomic E-state index is 13.1. The van der Waals surface area contributed by atoms with E-state index in [0.717, 1.165) is 33.8 Å². The first-order valence-corrected chi connectivity index (χ1v) is 10.3. The largest absolute Gasteiger partial charge is 0.460 e. The fourth-order valence-electron chi connectivity index (χ4n) is 3.03. The molecular weight excluding hydrogens is 451 g/mol. The van der Waals surface area contributed by atoms with Crippen molar-refractivity contribution in [2.75, 3.05) is 0 Å². The predicted octanol–water partition coefficient (Wildman–Crippen LogP) is 5.69. The van der Waals surface area contributed by atoms with Gasteiger partial charge in [0.25, 0.3) is 0 Å². The van der Waals surface area contributed by atoms with Crippen LogP contribution in [-0.4, -0.2) is 12.3 Å². The molecule has 0 N–H and O–H groups in total. The molecule has 4 heteroatoms. The Labute approximate surface area is 175 Å². The Morgan fingerprint density at radius 1 is 1.04 bits per heavy atom. The molecule has 2 aromatic rings. The molecule has 0 bridgehead atoms. The highest BCUT2D eigenvalue weighted by Crippen LogP contribution is 2.34. The standard InChI is InChI=1S/C23H27IO3/c1-22(2,17-25)13-8-14-23(3,19-11-7-12-20(24)15-19)21(26)27-16-18-9-5-4-6-10-18/h4-7,9-12,15,17H,8,13-14,16H2,1-3H3/t23-/m1/s1. The number of carbonyl (C=O) groups is 2. The van der Waals surface area contributed by atoms with E-state index in [-0.39, 0.29) is 18.0 Å². The summed E-state index contributed by atoms with van der Waals surface area (Å²) in [5, 5.41) is 0. The van der Waals surface area contributed by atoms with Crippen LogP contribution < -0.4 is 0 Å². The van der Waals surface area contributed by atoms with Crippen LogP contribution in [0.1, 0.15) is 51.2 Å². The van der Waals surface area contributed by atoms with Gasteiger partial charge in [-0.05, 0) is 65.6 Å². The van der Waals surface area contributed by atoms with Gasteiger partial charge in [-0.25, -0.2) is 0 Å². The van der Waals surface area contributed by atoms with Crippen LogP contribution in [0.2, 0.25) is 0 Å². The molecular formula is C23H27IO3. The van der Waals surface area contributed by atoms with Crippen molar-refractivity contribution in [3.8, 4) is 0 Å². The summed E-state index contributed by atoms with van der Waals surface area (Å²) in [6.45, 7) is 6.06. The normalized spacial score (nSPS) is 13.6. The molecule has 2 aromatic carbocycles. The minimum absolute atomic E-state index is 0.225. The Balaban J connectivity index is 2.17. The molecule has 27 heavy (non-hydrogen) atoms. The number of ether oxygens (including phenoxy) is 1. The smallest absolute Gasteiger partial charge is 0.316 e. The van der Waals surface area contributed by atoms with E-state index in [4.69, 9.17) is 4.74 Å². The first-order chi connectivity index (χ1) is 12.8. The van der Waals surface area contributed by atoms with Crippen molar-refractivity contribution >= 4 is 34.8 Å². The summed E-state index contributed by atoms with van der Waals surface area (Å²) < 4.78 is 6.77. The molecule has 1 atom stereocenters. The summed E-state index contributed by atoms with van der Waals surface area (Å²) in [6, 6.07) is 17.7. The van der Waals surface area contributed by atoms with Gasteiger partial charge >= 0.3 is 5.97 Å². The minimum Gasteiger partial charge on any atom is -0.460 e. The van der Waals surface area contributed by atoms with Crippen molar-refractivity contribution in [2.45, 2.75) is 52.1 Å². The summed E-state index contributed by atoms with van der Waals surface area (Å²) in [5.41, 5.74) is 0.809. The molecule has 0 saturated heterocycles. The van der Waals surface area contributed by atoms with E-state index in [2.05, 4.69) is 22.6 Å². The third-order valence-corrected chi connectivity index (χ3v) is 5.61. The Hall–Kier alpha value is -1.69. The Morgan fingerprint density at radius 3 is 2.37 bits per heavy atom. The zero-order valence-electron chi connectivity index (χ0n) is 16.2.